The van der Waals surface area contributed by atoms with E-state index in [4.69, 9.17) is 4.42 Å². The van der Waals surface area contributed by atoms with E-state index < -0.39 is 4.92 Å². The number of furan rings is 1. The predicted molar refractivity (Wildman–Crippen MR) is 92.1 cm³/mol. The van der Waals surface area contributed by atoms with Gasteiger partial charge in [-0.1, -0.05) is 12.1 Å². The van der Waals surface area contributed by atoms with Crippen LogP contribution < -0.4 is 5.43 Å². The minimum atomic E-state index is -0.637. The summed E-state index contributed by atoms with van der Waals surface area (Å²) < 4.78 is 5.75. The van der Waals surface area contributed by atoms with Crippen molar-refractivity contribution < 1.29 is 14.1 Å². The lowest BCUT2D eigenvalue weighted by Crippen LogP contribution is -2.18. The van der Waals surface area contributed by atoms with Gasteiger partial charge in [0.25, 0.3) is 5.91 Å². The molecule has 0 bridgehead atoms. The van der Waals surface area contributed by atoms with Crippen molar-refractivity contribution in [1.29, 1.82) is 0 Å². The molecule has 3 aromatic rings. The van der Waals surface area contributed by atoms with Crippen LogP contribution in [0.15, 0.2) is 56.6 Å². The maximum atomic E-state index is 12.1. The average molecular weight is 404 g/mol. The largest absolute Gasteiger partial charge is 0.433 e. The fourth-order valence-electron chi connectivity index (χ4n) is 2.01. The fourth-order valence-corrected chi connectivity index (χ4v) is 2.48. The van der Waals surface area contributed by atoms with Gasteiger partial charge < -0.3 is 4.42 Å². The molecule has 9 nitrogen and oxygen atoms in total. The molecule has 0 saturated heterocycles. The number of hydrogen-bond donors (Lipinski definition) is 2. The number of aromatic nitrogens is 2. The van der Waals surface area contributed by atoms with Crippen molar-refractivity contribution in [3.05, 3.63) is 68.3 Å². The lowest BCUT2D eigenvalue weighted by molar-refractivity contribution is -0.401. The molecule has 0 radical (unpaired) electrons. The number of carbonyl (C=O) groups is 1. The van der Waals surface area contributed by atoms with E-state index in [-0.39, 0.29) is 17.6 Å². The highest BCUT2D eigenvalue weighted by molar-refractivity contribution is 9.10. The topological polar surface area (TPSA) is 126 Å². The first-order valence-electron chi connectivity index (χ1n) is 6.92. The van der Waals surface area contributed by atoms with Crippen molar-refractivity contribution in [2.75, 3.05) is 0 Å². The molecule has 126 valence electrons. The highest BCUT2D eigenvalue weighted by Crippen LogP contribution is 2.26. The summed E-state index contributed by atoms with van der Waals surface area (Å²) >= 11 is 3.29. The summed E-state index contributed by atoms with van der Waals surface area (Å²) in [6, 6.07) is 9.60. The second-order valence-corrected chi connectivity index (χ2v) is 5.62. The van der Waals surface area contributed by atoms with E-state index >= 15 is 0 Å². The molecular formula is C15H10BrN5O4. The zero-order chi connectivity index (χ0) is 17.8. The number of carbonyl (C=O) groups excluding carboxylic acids is 1. The Labute approximate surface area is 149 Å². The van der Waals surface area contributed by atoms with Gasteiger partial charge in [-0.3, -0.25) is 20.0 Å². The summed E-state index contributed by atoms with van der Waals surface area (Å²) in [6.07, 6.45) is 2.89. The molecular weight excluding hydrogens is 394 g/mol. The molecule has 2 heterocycles. The minimum absolute atomic E-state index is 0.214. The number of amides is 1. The van der Waals surface area contributed by atoms with Crippen LogP contribution in [0.1, 0.15) is 15.9 Å². The summed E-state index contributed by atoms with van der Waals surface area (Å²) in [7, 11) is 0. The van der Waals surface area contributed by atoms with Gasteiger partial charge in [-0.05, 0) is 34.1 Å². The van der Waals surface area contributed by atoms with Crippen LogP contribution in [0.4, 0.5) is 5.88 Å². The van der Waals surface area contributed by atoms with Crippen molar-refractivity contribution >= 4 is 33.9 Å². The van der Waals surface area contributed by atoms with E-state index in [9.17, 15) is 14.9 Å². The number of nitrogens with zero attached hydrogens (tertiary/aromatic N) is 3. The van der Waals surface area contributed by atoms with Gasteiger partial charge >= 0.3 is 5.88 Å². The van der Waals surface area contributed by atoms with Gasteiger partial charge in [-0.25, -0.2) is 5.43 Å². The lowest BCUT2D eigenvalue weighted by atomic mass is 10.2. The molecule has 25 heavy (non-hydrogen) atoms. The van der Waals surface area contributed by atoms with Crippen LogP contribution in [0.25, 0.3) is 11.5 Å². The monoisotopic (exact) mass is 403 g/mol. The Balaban J connectivity index is 1.75. The zero-order valence-electron chi connectivity index (χ0n) is 12.5. The normalized spacial score (nSPS) is 10.9. The first-order chi connectivity index (χ1) is 12.1. The van der Waals surface area contributed by atoms with Crippen molar-refractivity contribution in [2.24, 2.45) is 5.10 Å². The smallest absolute Gasteiger partial charge is 0.399 e. The Kier molecular flexibility index (Phi) is 4.70. The zero-order valence-corrected chi connectivity index (χ0v) is 14.1. The van der Waals surface area contributed by atoms with Crippen molar-refractivity contribution in [2.45, 2.75) is 0 Å². The van der Waals surface area contributed by atoms with Gasteiger partial charge in [0.2, 0.25) is 0 Å². The Morgan fingerprint density at radius 1 is 1.36 bits per heavy atom. The summed E-state index contributed by atoms with van der Waals surface area (Å²) in [6.45, 7) is 0. The van der Waals surface area contributed by atoms with Crippen LogP contribution in [0.5, 0.6) is 0 Å². The van der Waals surface area contributed by atoms with Crippen LogP contribution in [0, 0.1) is 10.1 Å². The Hall–Kier alpha value is -3.27. The second kappa shape index (κ2) is 7.09. The molecule has 0 unspecified atom stereocenters. The number of H-pyrrole nitrogens is 1. The van der Waals surface area contributed by atoms with E-state index in [0.717, 1.165) is 0 Å². The molecule has 2 N–H and O–H groups in total. The molecule has 0 fully saturated rings. The molecule has 0 aliphatic rings. The molecule has 0 saturated carbocycles. The number of halogens is 1. The molecule has 3 rings (SSSR count). The average Bonchev–Trinajstić information content (AvgIpc) is 3.24. The van der Waals surface area contributed by atoms with Gasteiger partial charge in [0, 0.05) is 16.2 Å². The second-order valence-electron chi connectivity index (χ2n) is 4.76. The van der Waals surface area contributed by atoms with E-state index in [1.807, 2.05) is 0 Å². The molecule has 10 heteroatoms. The summed E-state index contributed by atoms with van der Waals surface area (Å²) in [4.78, 5) is 22.1. The van der Waals surface area contributed by atoms with Crippen molar-refractivity contribution in [1.82, 2.24) is 15.6 Å². The number of nitrogens with one attached hydrogen (secondary N) is 2. The Bertz CT molecular complexity index is 962. The van der Waals surface area contributed by atoms with Crippen LogP contribution in [0.3, 0.4) is 0 Å². The molecule has 0 aliphatic carbocycles. The molecule has 1 amide bonds. The predicted octanol–water partition coefficient (Wildman–Crippen LogP) is 3.10. The quantitative estimate of drug-likeness (QED) is 0.384. The van der Waals surface area contributed by atoms with E-state index in [2.05, 4.69) is 36.7 Å². The fraction of sp³-hybridized carbons (Fsp3) is 0. The van der Waals surface area contributed by atoms with E-state index in [1.165, 1.54) is 24.5 Å². The van der Waals surface area contributed by atoms with Gasteiger partial charge in [0.05, 0.1) is 17.8 Å². The molecule has 2 aromatic heterocycles. The van der Waals surface area contributed by atoms with Crippen molar-refractivity contribution in [3.63, 3.8) is 0 Å². The highest BCUT2D eigenvalue weighted by atomic mass is 79.9. The van der Waals surface area contributed by atoms with Crippen molar-refractivity contribution in [3.8, 4) is 11.5 Å². The first kappa shape index (κ1) is 16.6. The number of aromatic amines is 1. The third-order valence-electron chi connectivity index (χ3n) is 3.16. The maximum absolute atomic E-state index is 12.1. The molecule has 1 aromatic carbocycles. The lowest BCUT2D eigenvalue weighted by Gasteiger charge is -2.01. The van der Waals surface area contributed by atoms with Crippen LogP contribution in [0.2, 0.25) is 0 Å². The van der Waals surface area contributed by atoms with Gasteiger partial charge in [0.15, 0.2) is 5.76 Å². The SMILES string of the molecule is O=C(N/N=C/c1c[nH]nc1-c1ccc([N+](=O)[O-])o1)c1ccccc1Br. The highest BCUT2D eigenvalue weighted by Gasteiger charge is 2.17. The Morgan fingerprint density at radius 2 is 2.16 bits per heavy atom. The van der Waals surface area contributed by atoms with Crippen LogP contribution in [-0.2, 0) is 0 Å². The third kappa shape index (κ3) is 3.63. The standard InChI is InChI=1S/C15H10BrN5O4/c16-11-4-2-1-3-10(11)15(22)20-18-8-9-7-17-19-14(9)12-5-6-13(25-12)21(23)24/h1-8H,(H,17,19)(H,20,22)/b18-8+. The number of benzene rings is 1. The molecule has 0 spiro atoms. The van der Waals surface area contributed by atoms with E-state index in [0.29, 0.717) is 21.3 Å². The van der Waals surface area contributed by atoms with Gasteiger partial charge in [-0.15, -0.1) is 0 Å². The Morgan fingerprint density at radius 3 is 2.88 bits per heavy atom. The summed E-state index contributed by atoms with van der Waals surface area (Å²) in [5.74, 6) is -0.558. The minimum Gasteiger partial charge on any atom is -0.399 e. The van der Waals surface area contributed by atoms with Gasteiger partial charge in [0.1, 0.15) is 10.6 Å². The first-order valence-corrected chi connectivity index (χ1v) is 7.72. The number of hydrogen-bond acceptors (Lipinski definition) is 6. The number of nitro groups is 1. The van der Waals surface area contributed by atoms with E-state index in [1.54, 1.807) is 24.3 Å². The maximum Gasteiger partial charge on any atom is 0.433 e. The number of rotatable bonds is 5. The number of hydrazone groups is 1. The van der Waals surface area contributed by atoms with Crippen LogP contribution in [-0.4, -0.2) is 27.2 Å². The summed E-state index contributed by atoms with van der Waals surface area (Å²) in [5, 5.41) is 21.2. The third-order valence-corrected chi connectivity index (χ3v) is 3.85. The van der Waals surface area contributed by atoms with Gasteiger partial charge in [-0.2, -0.15) is 10.2 Å². The molecule has 0 atom stereocenters. The molecule has 0 aliphatic heterocycles. The van der Waals surface area contributed by atoms with Crippen LogP contribution >= 0.6 is 15.9 Å². The summed E-state index contributed by atoms with van der Waals surface area (Å²) in [5.41, 5.74) is 3.68.